The van der Waals surface area contributed by atoms with E-state index in [1.165, 1.54) is 29.2 Å². The predicted molar refractivity (Wildman–Crippen MR) is 169 cm³/mol. The molecule has 1 N–H and O–H groups in total. The van der Waals surface area contributed by atoms with Gasteiger partial charge in [-0.25, -0.2) is 8.42 Å². The number of nitrogens with zero attached hydrogens (tertiary/aromatic N) is 2. The van der Waals surface area contributed by atoms with E-state index in [0.717, 1.165) is 42.0 Å². The van der Waals surface area contributed by atoms with Crippen LogP contribution in [-0.2, 0) is 26.2 Å². The lowest BCUT2D eigenvalue weighted by Gasteiger charge is -2.33. The number of amides is 2. The molecule has 0 spiro atoms. The summed E-state index contributed by atoms with van der Waals surface area (Å²) < 4.78 is 28.9. The zero-order valence-electron chi connectivity index (χ0n) is 23.5. The van der Waals surface area contributed by atoms with Gasteiger partial charge in [-0.3, -0.25) is 13.9 Å². The molecule has 0 saturated heterocycles. The molecule has 1 atom stereocenters. The topological polar surface area (TPSA) is 86.8 Å². The Kier molecular flexibility index (Phi) is 10.8. The summed E-state index contributed by atoms with van der Waals surface area (Å²) in [5, 5.41) is 4.16. The van der Waals surface area contributed by atoms with Crippen molar-refractivity contribution in [3.63, 3.8) is 0 Å². The molecule has 1 aliphatic carbocycles. The second-order valence-electron chi connectivity index (χ2n) is 10.5. The monoisotopic (exact) mass is 649 g/mol. The number of hydrogen-bond acceptors (Lipinski definition) is 4. The number of sulfonamides is 1. The lowest BCUT2D eigenvalue weighted by atomic mass is 9.95. The molecule has 0 bridgehead atoms. The minimum Gasteiger partial charge on any atom is -0.352 e. The lowest BCUT2D eigenvalue weighted by Crippen LogP contribution is -2.53. The van der Waals surface area contributed by atoms with Gasteiger partial charge in [0.1, 0.15) is 12.6 Å². The molecule has 1 unspecified atom stereocenters. The van der Waals surface area contributed by atoms with E-state index in [4.69, 9.17) is 34.8 Å². The van der Waals surface area contributed by atoms with Crippen molar-refractivity contribution in [1.29, 1.82) is 0 Å². The van der Waals surface area contributed by atoms with Gasteiger partial charge >= 0.3 is 0 Å². The summed E-state index contributed by atoms with van der Waals surface area (Å²) in [5.41, 5.74) is 1.61. The van der Waals surface area contributed by atoms with Crippen LogP contribution in [0.2, 0.25) is 15.1 Å². The van der Waals surface area contributed by atoms with Crippen molar-refractivity contribution in [2.45, 2.75) is 69.5 Å². The summed E-state index contributed by atoms with van der Waals surface area (Å²) in [7, 11) is -4.18. The second-order valence-corrected chi connectivity index (χ2v) is 13.7. The number of carbonyl (C=O) groups is 2. The highest BCUT2D eigenvalue weighted by molar-refractivity contribution is 7.92. The van der Waals surface area contributed by atoms with Crippen molar-refractivity contribution in [2.75, 3.05) is 10.8 Å². The molecule has 3 aromatic rings. The second kappa shape index (κ2) is 14.1. The first-order chi connectivity index (χ1) is 20.0. The number of aryl methyl sites for hydroxylation is 1. The summed E-state index contributed by atoms with van der Waals surface area (Å²) in [6.07, 6.45) is 4.95. The van der Waals surface area contributed by atoms with E-state index in [0.29, 0.717) is 20.6 Å². The van der Waals surface area contributed by atoms with Crippen LogP contribution in [0.5, 0.6) is 0 Å². The van der Waals surface area contributed by atoms with Crippen molar-refractivity contribution < 1.29 is 18.0 Å². The molecule has 1 fully saturated rings. The van der Waals surface area contributed by atoms with E-state index in [1.807, 2.05) is 6.92 Å². The van der Waals surface area contributed by atoms with Crippen molar-refractivity contribution in [2.24, 2.45) is 0 Å². The Morgan fingerprint density at radius 2 is 1.50 bits per heavy atom. The molecule has 224 valence electrons. The van der Waals surface area contributed by atoms with Crippen LogP contribution in [0.3, 0.4) is 0 Å². The third-order valence-corrected chi connectivity index (χ3v) is 10.3. The maximum atomic E-state index is 14.1. The Hall–Kier alpha value is -2.78. The number of hydrogen-bond donors (Lipinski definition) is 1. The fourth-order valence-electron chi connectivity index (χ4n) is 4.98. The molecule has 0 radical (unpaired) electrons. The van der Waals surface area contributed by atoms with Gasteiger partial charge < -0.3 is 10.2 Å². The highest BCUT2D eigenvalue weighted by Gasteiger charge is 2.33. The predicted octanol–water partition coefficient (Wildman–Crippen LogP) is 7.02. The summed E-state index contributed by atoms with van der Waals surface area (Å²) in [6.45, 7) is 2.83. The van der Waals surface area contributed by atoms with Crippen molar-refractivity contribution in [1.82, 2.24) is 10.2 Å². The first-order valence-corrected chi connectivity index (χ1v) is 16.4. The Morgan fingerprint density at radius 1 is 0.905 bits per heavy atom. The molecule has 0 aliphatic heterocycles. The van der Waals surface area contributed by atoms with Crippen LogP contribution in [0.25, 0.3) is 0 Å². The Bertz CT molecular complexity index is 1490. The number of benzene rings is 3. The Morgan fingerprint density at radius 3 is 2.10 bits per heavy atom. The van der Waals surface area contributed by atoms with Gasteiger partial charge in [-0.2, -0.15) is 0 Å². The summed E-state index contributed by atoms with van der Waals surface area (Å²) in [5.74, 6) is -0.916. The molecular formula is C31H34Cl3N3O4S. The quantitative estimate of drug-likeness (QED) is 0.256. The van der Waals surface area contributed by atoms with Gasteiger partial charge in [0.05, 0.1) is 10.6 Å². The molecule has 7 nitrogen and oxygen atoms in total. The maximum Gasteiger partial charge on any atom is 0.264 e. The number of halogens is 3. The molecule has 11 heteroatoms. The SMILES string of the molecule is Cc1ccc(S(=O)(=O)N(CC(=O)N(Cc2c(Cl)cccc2Cl)C(C)C(=O)NC2CCCCC2)c2ccc(Cl)cc2)cc1. The van der Waals surface area contributed by atoms with Crippen molar-refractivity contribution in [3.05, 3.63) is 92.9 Å². The normalized spacial score (nSPS) is 14.7. The van der Waals surface area contributed by atoms with Crippen LogP contribution in [-0.4, -0.2) is 43.8 Å². The third kappa shape index (κ3) is 7.78. The van der Waals surface area contributed by atoms with Crippen LogP contribution >= 0.6 is 34.8 Å². The molecule has 4 rings (SSSR count). The van der Waals surface area contributed by atoms with Gasteiger partial charge in [-0.1, -0.05) is 77.8 Å². The number of carbonyl (C=O) groups excluding carboxylic acids is 2. The first-order valence-electron chi connectivity index (χ1n) is 13.8. The zero-order chi connectivity index (χ0) is 30.4. The number of nitrogens with one attached hydrogen (secondary N) is 1. The van der Waals surface area contributed by atoms with E-state index in [9.17, 15) is 18.0 Å². The summed E-state index contributed by atoms with van der Waals surface area (Å²) >= 11 is 19.0. The molecule has 1 aliphatic rings. The van der Waals surface area contributed by atoms with Gasteiger partial charge in [0.25, 0.3) is 10.0 Å². The third-order valence-electron chi connectivity index (χ3n) is 7.51. The molecule has 2 amide bonds. The highest BCUT2D eigenvalue weighted by atomic mass is 35.5. The molecular weight excluding hydrogens is 617 g/mol. The summed E-state index contributed by atoms with van der Waals surface area (Å²) in [6, 6.07) is 16.7. The minimum atomic E-state index is -4.18. The van der Waals surface area contributed by atoms with E-state index in [2.05, 4.69) is 5.32 Å². The fraction of sp³-hybridized carbons (Fsp3) is 0.355. The van der Waals surface area contributed by atoms with Gasteiger partial charge in [0, 0.05) is 33.2 Å². The zero-order valence-corrected chi connectivity index (χ0v) is 26.6. The summed E-state index contributed by atoms with van der Waals surface area (Å²) in [4.78, 5) is 28.9. The van der Waals surface area contributed by atoms with Gasteiger partial charge in [-0.05, 0) is 75.2 Å². The van der Waals surface area contributed by atoms with E-state index in [1.54, 1.807) is 49.4 Å². The maximum absolute atomic E-state index is 14.1. The van der Waals surface area contributed by atoms with Crippen LogP contribution < -0.4 is 9.62 Å². The average molecular weight is 651 g/mol. The Balaban J connectivity index is 1.70. The minimum absolute atomic E-state index is 0.0274. The molecule has 0 aromatic heterocycles. The average Bonchev–Trinajstić information content (AvgIpc) is 2.96. The van der Waals surface area contributed by atoms with Crippen molar-refractivity contribution in [3.8, 4) is 0 Å². The highest BCUT2D eigenvalue weighted by Crippen LogP contribution is 2.29. The lowest BCUT2D eigenvalue weighted by molar-refractivity contribution is -0.139. The largest absolute Gasteiger partial charge is 0.352 e. The number of rotatable bonds is 10. The molecule has 0 heterocycles. The number of anilines is 1. The van der Waals surface area contributed by atoms with Crippen LogP contribution in [0.4, 0.5) is 5.69 Å². The van der Waals surface area contributed by atoms with Crippen molar-refractivity contribution >= 4 is 62.3 Å². The van der Waals surface area contributed by atoms with Crippen LogP contribution in [0.1, 0.15) is 50.2 Å². The van der Waals surface area contributed by atoms with Gasteiger partial charge in [-0.15, -0.1) is 0 Å². The molecule has 42 heavy (non-hydrogen) atoms. The molecule has 3 aromatic carbocycles. The first kappa shape index (κ1) is 32.1. The van der Waals surface area contributed by atoms with Crippen LogP contribution in [0, 0.1) is 6.92 Å². The van der Waals surface area contributed by atoms with Gasteiger partial charge in [0.15, 0.2) is 0 Å². The molecule has 1 saturated carbocycles. The fourth-order valence-corrected chi connectivity index (χ4v) is 7.04. The Labute approximate surface area is 262 Å². The van der Waals surface area contributed by atoms with E-state index in [-0.39, 0.29) is 29.1 Å². The van der Waals surface area contributed by atoms with Gasteiger partial charge in [0.2, 0.25) is 11.8 Å². The standard InChI is InChI=1S/C31H34Cl3N3O4S/c1-21-11-17-26(18-12-21)42(40,41)37(25-15-13-23(32)14-16-25)20-30(38)36(19-27-28(33)9-6-10-29(27)34)22(2)31(39)35-24-7-4-3-5-8-24/h6,9-18,22,24H,3-5,7-8,19-20H2,1-2H3,(H,35,39). The smallest absolute Gasteiger partial charge is 0.264 e. The van der Waals surface area contributed by atoms with E-state index >= 15 is 0 Å². The van der Waals surface area contributed by atoms with Crippen LogP contribution in [0.15, 0.2) is 71.6 Å². The van der Waals surface area contributed by atoms with E-state index < -0.39 is 28.5 Å².